The van der Waals surface area contributed by atoms with Crippen molar-refractivity contribution in [2.45, 2.75) is 31.0 Å². The highest BCUT2D eigenvalue weighted by molar-refractivity contribution is 7.89. The van der Waals surface area contributed by atoms with E-state index < -0.39 is 10.0 Å². The molecule has 1 aromatic heterocycles. The summed E-state index contributed by atoms with van der Waals surface area (Å²) >= 11 is 0. The van der Waals surface area contributed by atoms with E-state index in [2.05, 4.69) is 19.7 Å². The SMILES string of the molecule is CN(Cc1cccc(S(=O)(=O)N(C)C)c1)Cc1nnc2n1CCOCC2. The third-order valence-electron chi connectivity index (χ3n) is 4.37. The van der Waals surface area contributed by atoms with Crippen LogP contribution in [0.25, 0.3) is 0 Å². The van der Waals surface area contributed by atoms with Crippen molar-refractivity contribution in [1.29, 1.82) is 0 Å². The van der Waals surface area contributed by atoms with Crippen molar-refractivity contribution in [3.63, 3.8) is 0 Å². The summed E-state index contributed by atoms with van der Waals surface area (Å²) < 4.78 is 33.4. The van der Waals surface area contributed by atoms with E-state index in [1.165, 1.54) is 18.4 Å². The zero-order chi connectivity index (χ0) is 18.7. The lowest BCUT2D eigenvalue weighted by Gasteiger charge is -2.18. The van der Waals surface area contributed by atoms with E-state index in [0.29, 0.717) is 31.2 Å². The zero-order valence-corrected chi connectivity index (χ0v) is 16.2. The number of nitrogens with zero attached hydrogens (tertiary/aromatic N) is 5. The van der Waals surface area contributed by atoms with E-state index in [4.69, 9.17) is 4.74 Å². The molecule has 0 saturated carbocycles. The number of rotatable bonds is 6. The molecular weight excluding hydrogens is 354 g/mol. The van der Waals surface area contributed by atoms with Crippen molar-refractivity contribution in [2.75, 3.05) is 34.4 Å². The van der Waals surface area contributed by atoms with E-state index >= 15 is 0 Å². The molecule has 0 bridgehead atoms. The van der Waals surface area contributed by atoms with Gasteiger partial charge in [0.15, 0.2) is 0 Å². The molecule has 0 N–H and O–H groups in total. The maximum atomic E-state index is 12.3. The second-order valence-corrected chi connectivity index (χ2v) is 8.81. The number of aromatic nitrogens is 3. The second-order valence-electron chi connectivity index (χ2n) is 6.65. The van der Waals surface area contributed by atoms with Gasteiger partial charge in [0.1, 0.15) is 11.6 Å². The number of ether oxygens (including phenoxy) is 1. The summed E-state index contributed by atoms with van der Waals surface area (Å²) in [5.74, 6) is 1.87. The van der Waals surface area contributed by atoms with Crippen LogP contribution in [-0.4, -0.2) is 66.7 Å². The third-order valence-corrected chi connectivity index (χ3v) is 6.19. The largest absolute Gasteiger partial charge is 0.379 e. The number of fused-ring (bicyclic) bond motifs is 1. The zero-order valence-electron chi connectivity index (χ0n) is 15.4. The molecule has 0 atom stereocenters. The van der Waals surface area contributed by atoms with E-state index in [-0.39, 0.29) is 0 Å². The topological polar surface area (TPSA) is 80.6 Å². The lowest BCUT2D eigenvalue weighted by molar-refractivity contribution is 0.139. The molecule has 1 aliphatic heterocycles. The molecule has 2 heterocycles. The number of hydrogen-bond acceptors (Lipinski definition) is 6. The van der Waals surface area contributed by atoms with Crippen LogP contribution < -0.4 is 0 Å². The van der Waals surface area contributed by atoms with Gasteiger partial charge in [-0.2, -0.15) is 0 Å². The molecule has 0 amide bonds. The van der Waals surface area contributed by atoms with Crippen molar-refractivity contribution in [2.24, 2.45) is 0 Å². The molecule has 3 rings (SSSR count). The summed E-state index contributed by atoms with van der Waals surface area (Å²) in [6.45, 7) is 3.38. The summed E-state index contributed by atoms with van der Waals surface area (Å²) in [6.07, 6.45) is 0.779. The molecule has 1 aromatic carbocycles. The lowest BCUT2D eigenvalue weighted by atomic mass is 10.2. The molecule has 26 heavy (non-hydrogen) atoms. The van der Waals surface area contributed by atoms with Crippen LogP contribution in [0, 0.1) is 0 Å². The van der Waals surface area contributed by atoms with Crippen LogP contribution in [0.4, 0.5) is 0 Å². The number of benzene rings is 1. The molecule has 8 nitrogen and oxygen atoms in total. The summed E-state index contributed by atoms with van der Waals surface area (Å²) in [5, 5.41) is 8.58. The Morgan fingerprint density at radius 1 is 1.15 bits per heavy atom. The standard InChI is InChI=1S/C17H25N5O3S/c1-20(2)26(23,24)15-6-4-5-14(11-15)12-21(3)13-17-19-18-16-7-9-25-10-8-22(16)17/h4-6,11H,7-10,12-13H2,1-3H3. The summed E-state index contributed by atoms with van der Waals surface area (Å²) in [5.41, 5.74) is 0.939. The lowest BCUT2D eigenvalue weighted by Crippen LogP contribution is -2.23. The first-order valence-electron chi connectivity index (χ1n) is 8.56. The van der Waals surface area contributed by atoms with E-state index in [0.717, 1.165) is 30.2 Å². The predicted molar refractivity (Wildman–Crippen MR) is 97.0 cm³/mol. The van der Waals surface area contributed by atoms with Crippen LogP contribution in [0.15, 0.2) is 29.2 Å². The Morgan fingerprint density at radius 3 is 2.73 bits per heavy atom. The minimum absolute atomic E-state index is 0.307. The van der Waals surface area contributed by atoms with Gasteiger partial charge in [0.05, 0.1) is 24.7 Å². The average molecular weight is 379 g/mol. The molecule has 0 radical (unpaired) electrons. The minimum atomic E-state index is -3.43. The van der Waals surface area contributed by atoms with E-state index in [1.54, 1.807) is 18.2 Å². The number of sulfonamides is 1. The summed E-state index contributed by atoms with van der Waals surface area (Å²) in [7, 11) is 1.63. The molecule has 0 saturated heterocycles. The van der Waals surface area contributed by atoms with Crippen LogP contribution in [0.2, 0.25) is 0 Å². The van der Waals surface area contributed by atoms with Gasteiger partial charge in [-0.25, -0.2) is 12.7 Å². The van der Waals surface area contributed by atoms with Gasteiger partial charge >= 0.3 is 0 Å². The van der Waals surface area contributed by atoms with Gasteiger partial charge in [0, 0.05) is 33.6 Å². The average Bonchev–Trinajstić information content (AvgIpc) is 2.81. The summed E-state index contributed by atoms with van der Waals surface area (Å²) in [4.78, 5) is 2.41. The molecule has 142 valence electrons. The Labute approximate surface area is 154 Å². The fourth-order valence-corrected chi connectivity index (χ4v) is 3.95. The van der Waals surface area contributed by atoms with Crippen molar-refractivity contribution in [1.82, 2.24) is 24.0 Å². The van der Waals surface area contributed by atoms with Gasteiger partial charge in [-0.3, -0.25) is 4.90 Å². The smallest absolute Gasteiger partial charge is 0.242 e. The maximum absolute atomic E-state index is 12.3. The van der Waals surface area contributed by atoms with Crippen molar-refractivity contribution >= 4 is 10.0 Å². The van der Waals surface area contributed by atoms with Gasteiger partial charge < -0.3 is 9.30 Å². The van der Waals surface area contributed by atoms with Crippen molar-refractivity contribution in [3.05, 3.63) is 41.5 Å². The predicted octanol–water partition coefficient (Wildman–Crippen LogP) is 0.733. The fraction of sp³-hybridized carbons (Fsp3) is 0.529. The third kappa shape index (κ3) is 4.12. The quantitative estimate of drug-likeness (QED) is 0.736. The Balaban J connectivity index is 1.71. The van der Waals surface area contributed by atoms with Crippen LogP contribution in [0.5, 0.6) is 0 Å². The van der Waals surface area contributed by atoms with E-state index in [1.807, 2.05) is 13.1 Å². The molecule has 2 aromatic rings. The molecule has 0 spiro atoms. The van der Waals surface area contributed by atoms with Crippen LogP contribution in [0.3, 0.4) is 0 Å². The van der Waals surface area contributed by atoms with Gasteiger partial charge in [-0.05, 0) is 24.7 Å². The molecule has 0 unspecified atom stereocenters. The normalized spacial score (nSPS) is 15.3. The molecular formula is C17H25N5O3S. The monoisotopic (exact) mass is 379 g/mol. The molecule has 1 aliphatic rings. The van der Waals surface area contributed by atoms with Crippen LogP contribution >= 0.6 is 0 Å². The highest BCUT2D eigenvalue weighted by Gasteiger charge is 2.19. The van der Waals surface area contributed by atoms with Crippen molar-refractivity contribution < 1.29 is 13.2 Å². The Kier molecular flexibility index (Phi) is 5.71. The Bertz CT molecular complexity index is 863. The fourth-order valence-electron chi connectivity index (χ4n) is 2.98. The van der Waals surface area contributed by atoms with Gasteiger partial charge in [0.25, 0.3) is 0 Å². The highest BCUT2D eigenvalue weighted by atomic mass is 32.2. The first-order valence-corrected chi connectivity index (χ1v) is 10.0. The molecule has 0 fully saturated rings. The number of hydrogen-bond donors (Lipinski definition) is 0. The highest BCUT2D eigenvalue weighted by Crippen LogP contribution is 2.17. The first-order chi connectivity index (χ1) is 12.4. The van der Waals surface area contributed by atoms with Gasteiger partial charge in [0.2, 0.25) is 10.0 Å². The van der Waals surface area contributed by atoms with Crippen LogP contribution in [0.1, 0.15) is 17.2 Å². The van der Waals surface area contributed by atoms with Crippen LogP contribution in [-0.2, 0) is 40.8 Å². The Hall–Kier alpha value is -1.81. The summed E-state index contributed by atoms with van der Waals surface area (Å²) in [6, 6.07) is 7.06. The first kappa shape index (κ1) is 19.0. The maximum Gasteiger partial charge on any atom is 0.242 e. The van der Waals surface area contributed by atoms with E-state index in [9.17, 15) is 8.42 Å². The van der Waals surface area contributed by atoms with Crippen molar-refractivity contribution in [3.8, 4) is 0 Å². The van der Waals surface area contributed by atoms with Gasteiger partial charge in [-0.1, -0.05) is 12.1 Å². The minimum Gasteiger partial charge on any atom is -0.379 e. The Morgan fingerprint density at radius 2 is 1.96 bits per heavy atom. The molecule has 9 heteroatoms. The molecule has 0 aliphatic carbocycles. The van der Waals surface area contributed by atoms with Gasteiger partial charge in [-0.15, -0.1) is 10.2 Å². The second kappa shape index (κ2) is 7.83.